The SMILES string of the molecule is C/C=C/[C@@H](C[N+](=O)[O-])c1ccccc1C. The van der Waals surface area contributed by atoms with E-state index in [2.05, 4.69) is 0 Å². The second-order valence-corrected chi connectivity index (χ2v) is 3.50. The van der Waals surface area contributed by atoms with Gasteiger partial charge in [0.2, 0.25) is 6.54 Å². The molecule has 0 saturated heterocycles. The Hall–Kier alpha value is -1.64. The molecule has 15 heavy (non-hydrogen) atoms. The summed E-state index contributed by atoms with van der Waals surface area (Å²) in [6.45, 7) is 3.81. The molecule has 0 amide bonds. The van der Waals surface area contributed by atoms with Gasteiger partial charge in [0.15, 0.2) is 0 Å². The average Bonchev–Trinajstić information content (AvgIpc) is 2.17. The van der Waals surface area contributed by atoms with Crippen LogP contribution in [0.15, 0.2) is 36.4 Å². The van der Waals surface area contributed by atoms with Gasteiger partial charge in [-0.2, -0.15) is 0 Å². The highest BCUT2D eigenvalue weighted by Crippen LogP contribution is 2.21. The second kappa shape index (κ2) is 5.29. The summed E-state index contributed by atoms with van der Waals surface area (Å²) in [6.07, 6.45) is 3.74. The van der Waals surface area contributed by atoms with Crippen molar-refractivity contribution < 1.29 is 4.92 Å². The summed E-state index contributed by atoms with van der Waals surface area (Å²) in [7, 11) is 0. The van der Waals surface area contributed by atoms with Crippen LogP contribution in [-0.4, -0.2) is 11.5 Å². The van der Waals surface area contributed by atoms with E-state index in [0.29, 0.717) is 0 Å². The third-order valence-electron chi connectivity index (χ3n) is 2.36. The molecule has 0 unspecified atom stereocenters. The largest absolute Gasteiger partial charge is 0.265 e. The Morgan fingerprint density at radius 1 is 1.47 bits per heavy atom. The lowest BCUT2D eigenvalue weighted by atomic mass is 9.94. The summed E-state index contributed by atoms with van der Waals surface area (Å²) in [5.74, 6) is -0.119. The summed E-state index contributed by atoms with van der Waals surface area (Å²) < 4.78 is 0. The summed E-state index contributed by atoms with van der Waals surface area (Å²) in [5, 5.41) is 10.5. The van der Waals surface area contributed by atoms with E-state index in [4.69, 9.17) is 0 Å². The van der Waals surface area contributed by atoms with Crippen molar-refractivity contribution in [2.45, 2.75) is 19.8 Å². The molecule has 0 heterocycles. The lowest BCUT2D eigenvalue weighted by Gasteiger charge is -2.11. The molecule has 3 heteroatoms. The van der Waals surface area contributed by atoms with Gasteiger partial charge in [-0.1, -0.05) is 36.4 Å². The Labute approximate surface area is 89.6 Å². The average molecular weight is 205 g/mol. The predicted octanol–water partition coefficient (Wildman–Crippen LogP) is 2.93. The van der Waals surface area contributed by atoms with Gasteiger partial charge in [0, 0.05) is 4.92 Å². The van der Waals surface area contributed by atoms with E-state index in [1.165, 1.54) is 0 Å². The van der Waals surface area contributed by atoms with Crippen LogP contribution in [0.2, 0.25) is 0 Å². The fourth-order valence-corrected chi connectivity index (χ4v) is 1.66. The molecule has 0 aliphatic heterocycles. The third kappa shape index (κ3) is 3.20. The van der Waals surface area contributed by atoms with E-state index < -0.39 is 0 Å². The van der Waals surface area contributed by atoms with Crippen LogP contribution in [0.4, 0.5) is 0 Å². The molecule has 0 N–H and O–H groups in total. The van der Waals surface area contributed by atoms with Crippen molar-refractivity contribution in [2.24, 2.45) is 0 Å². The van der Waals surface area contributed by atoms with Gasteiger partial charge in [0.25, 0.3) is 0 Å². The van der Waals surface area contributed by atoms with Gasteiger partial charge in [0.1, 0.15) is 0 Å². The Kier molecular flexibility index (Phi) is 4.03. The number of rotatable bonds is 4. The van der Waals surface area contributed by atoms with E-state index in [1.54, 1.807) is 0 Å². The molecule has 80 valence electrons. The van der Waals surface area contributed by atoms with Gasteiger partial charge < -0.3 is 0 Å². The molecule has 1 rings (SSSR count). The number of nitro groups is 1. The molecule has 0 spiro atoms. The molecule has 0 aromatic heterocycles. The van der Waals surface area contributed by atoms with Gasteiger partial charge >= 0.3 is 0 Å². The van der Waals surface area contributed by atoms with Crippen LogP contribution in [0, 0.1) is 17.0 Å². The van der Waals surface area contributed by atoms with E-state index in [-0.39, 0.29) is 17.4 Å². The van der Waals surface area contributed by atoms with Crippen LogP contribution < -0.4 is 0 Å². The second-order valence-electron chi connectivity index (χ2n) is 3.50. The molecule has 0 saturated carbocycles. The zero-order valence-electron chi connectivity index (χ0n) is 9.01. The molecule has 0 radical (unpaired) electrons. The predicted molar refractivity (Wildman–Crippen MR) is 60.6 cm³/mol. The first-order valence-electron chi connectivity index (χ1n) is 4.95. The first-order chi connectivity index (χ1) is 7.15. The number of allylic oxidation sites excluding steroid dienone is 1. The highest BCUT2D eigenvalue weighted by Gasteiger charge is 2.15. The summed E-state index contributed by atoms with van der Waals surface area (Å²) >= 11 is 0. The highest BCUT2D eigenvalue weighted by atomic mass is 16.6. The molecular formula is C12H15NO2. The van der Waals surface area contributed by atoms with E-state index in [0.717, 1.165) is 11.1 Å². The summed E-state index contributed by atoms with van der Waals surface area (Å²) in [4.78, 5) is 10.3. The van der Waals surface area contributed by atoms with Crippen molar-refractivity contribution in [3.8, 4) is 0 Å². The molecular weight excluding hydrogens is 190 g/mol. The molecule has 3 nitrogen and oxygen atoms in total. The maximum Gasteiger partial charge on any atom is 0.214 e. The quantitative estimate of drug-likeness (QED) is 0.431. The van der Waals surface area contributed by atoms with Crippen LogP contribution in [-0.2, 0) is 0 Å². The number of hydrogen-bond acceptors (Lipinski definition) is 2. The zero-order valence-corrected chi connectivity index (χ0v) is 9.01. The van der Waals surface area contributed by atoms with Crippen molar-refractivity contribution in [1.29, 1.82) is 0 Å². The number of hydrogen-bond donors (Lipinski definition) is 0. The molecule has 0 aliphatic rings. The fraction of sp³-hybridized carbons (Fsp3) is 0.333. The van der Waals surface area contributed by atoms with Crippen LogP contribution in [0.25, 0.3) is 0 Å². The smallest absolute Gasteiger partial charge is 0.214 e. The first-order valence-corrected chi connectivity index (χ1v) is 4.95. The van der Waals surface area contributed by atoms with Crippen molar-refractivity contribution in [3.63, 3.8) is 0 Å². The molecule has 0 bridgehead atoms. The standard InChI is InChI=1S/C12H15NO2/c1-3-6-11(9-13(14)15)12-8-5-4-7-10(12)2/h3-8,11H,9H2,1-2H3/b6-3+/t11-/m0/s1. The minimum atomic E-state index is -0.267. The maximum atomic E-state index is 10.5. The third-order valence-corrected chi connectivity index (χ3v) is 2.36. The minimum absolute atomic E-state index is 0.0464. The van der Waals surface area contributed by atoms with E-state index in [1.807, 2.05) is 50.3 Å². The van der Waals surface area contributed by atoms with Gasteiger partial charge in [0.05, 0.1) is 5.92 Å². The fourth-order valence-electron chi connectivity index (χ4n) is 1.66. The first kappa shape index (κ1) is 11.4. The lowest BCUT2D eigenvalue weighted by molar-refractivity contribution is -0.481. The monoisotopic (exact) mass is 205 g/mol. The zero-order chi connectivity index (χ0) is 11.3. The van der Waals surface area contributed by atoms with Gasteiger partial charge in [-0.15, -0.1) is 0 Å². The van der Waals surface area contributed by atoms with Crippen LogP contribution >= 0.6 is 0 Å². The molecule has 0 fully saturated rings. The minimum Gasteiger partial charge on any atom is -0.265 e. The van der Waals surface area contributed by atoms with Crippen molar-refractivity contribution in [3.05, 3.63) is 57.7 Å². The van der Waals surface area contributed by atoms with Crippen LogP contribution in [0.1, 0.15) is 24.0 Å². The Morgan fingerprint density at radius 3 is 2.67 bits per heavy atom. The van der Waals surface area contributed by atoms with Crippen LogP contribution in [0.3, 0.4) is 0 Å². The van der Waals surface area contributed by atoms with E-state index in [9.17, 15) is 10.1 Å². The normalized spacial score (nSPS) is 12.9. The summed E-state index contributed by atoms with van der Waals surface area (Å²) in [5.41, 5.74) is 2.13. The van der Waals surface area contributed by atoms with Crippen molar-refractivity contribution in [2.75, 3.05) is 6.54 Å². The van der Waals surface area contributed by atoms with E-state index >= 15 is 0 Å². The van der Waals surface area contributed by atoms with Gasteiger partial charge in [-0.05, 0) is 25.0 Å². The van der Waals surface area contributed by atoms with Gasteiger partial charge in [-0.3, -0.25) is 10.1 Å². The molecule has 1 aromatic rings. The number of aryl methyl sites for hydroxylation is 1. The molecule has 1 aromatic carbocycles. The van der Waals surface area contributed by atoms with Crippen molar-refractivity contribution >= 4 is 0 Å². The Morgan fingerprint density at radius 2 is 2.13 bits per heavy atom. The number of benzene rings is 1. The summed E-state index contributed by atoms with van der Waals surface area (Å²) in [6, 6.07) is 7.78. The molecule has 1 atom stereocenters. The topological polar surface area (TPSA) is 43.1 Å². The highest BCUT2D eigenvalue weighted by molar-refractivity contribution is 5.31. The number of nitrogens with zero attached hydrogens (tertiary/aromatic N) is 1. The van der Waals surface area contributed by atoms with Crippen molar-refractivity contribution in [1.82, 2.24) is 0 Å². The van der Waals surface area contributed by atoms with Crippen LogP contribution in [0.5, 0.6) is 0 Å². The Balaban J connectivity index is 2.98. The Bertz CT molecular complexity index is 372. The van der Waals surface area contributed by atoms with Gasteiger partial charge in [-0.25, -0.2) is 0 Å². The maximum absolute atomic E-state index is 10.5. The lowest BCUT2D eigenvalue weighted by Crippen LogP contribution is -2.11. The molecule has 0 aliphatic carbocycles.